The van der Waals surface area contributed by atoms with Crippen molar-refractivity contribution in [2.24, 2.45) is 0 Å². The van der Waals surface area contributed by atoms with Crippen LogP contribution in [0.5, 0.6) is 0 Å². The molecular formula is C23H23F3N4O2. The Bertz CT molecular complexity index is 1120. The average molecular weight is 444 g/mol. The number of hydrogen-bond acceptors (Lipinski definition) is 5. The first kappa shape index (κ1) is 22.0. The van der Waals surface area contributed by atoms with Crippen molar-refractivity contribution in [2.75, 3.05) is 26.2 Å². The summed E-state index contributed by atoms with van der Waals surface area (Å²) in [5.41, 5.74) is 2.29. The van der Waals surface area contributed by atoms with Crippen LogP contribution >= 0.6 is 0 Å². The zero-order chi connectivity index (χ0) is 22.9. The molecule has 1 aromatic heterocycles. The summed E-state index contributed by atoms with van der Waals surface area (Å²) in [6.07, 6.45) is -4.43. The van der Waals surface area contributed by atoms with Crippen molar-refractivity contribution in [3.63, 3.8) is 0 Å². The Labute approximate surface area is 183 Å². The Kier molecular flexibility index (Phi) is 6.01. The molecule has 0 N–H and O–H groups in total. The van der Waals surface area contributed by atoms with Gasteiger partial charge in [0.1, 0.15) is 0 Å². The first-order valence-electron chi connectivity index (χ1n) is 10.3. The van der Waals surface area contributed by atoms with E-state index in [9.17, 15) is 18.0 Å². The van der Waals surface area contributed by atoms with E-state index in [0.29, 0.717) is 38.6 Å². The number of rotatable bonds is 4. The molecule has 1 aliphatic rings. The number of nitrogens with zero attached hydrogens (tertiary/aromatic N) is 4. The number of carbonyl (C=O) groups is 1. The summed E-state index contributed by atoms with van der Waals surface area (Å²) < 4.78 is 44.1. The summed E-state index contributed by atoms with van der Waals surface area (Å²) in [6, 6.07) is 10.6. The Morgan fingerprint density at radius 1 is 1.06 bits per heavy atom. The van der Waals surface area contributed by atoms with Gasteiger partial charge in [0.25, 0.3) is 5.91 Å². The van der Waals surface area contributed by atoms with Gasteiger partial charge >= 0.3 is 6.18 Å². The molecule has 1 fully saturated rings. The number of aryl methyl sites for hydroxylation is 1. The van der Waals surface area contributed by atoms with Gasteiger partial charge in [-0.3, -0.25) is 9.69 Å². The highest BCUT2D eigenvalue weighted by Crippen LogP contribution is 2.31. The van der Waals surface area contributed by atoms with E-state index < -0.39 is 11.7 Å². The highest BCUT2D eigenvalue weighted by atomic mass is 19.4. The average Bonchev–Trinajstić information content (AvgIpc) is 3.24. The highest BCUT2D eigenvalue weighted by molar-refractivity contribution is 5.96. The lowest BCUT2D eigenvalue weighted by Crippen LogP contribution is -2.48. The summed E-state index contributed by atoms with van der Waals surface area (Å²) in [5, 5.41) is 3.83. The van der Waals surface area contributed by atoms with Crippen LogP contribution in [0.2, 0.25) is 0 Å². The number of benzene rings is 2. The largest absolute Gasteiger partial charge is 0.416 e. The molecule has 6 nitrogen and oxygen atoms in total. The van der Waals surface area contributed by atoms with Gasteiger partial charge in [-0.2, -0.15) is 18.2 Å². The number of hydrogen-bond donors (Lipinski definition) is 0. The lowest BCUT2D eigenvalue weighted by atomic mass is 10.0. The first-order chi connectivity index (χ1) is 15.2. The SMILES string of the molecule is Cc1cccc(C(=O)N2CCN(Cc3nc(-c4cccc(C(F)(F)F)c4)no3)CC2)c1C. The third-order valence-corrected chi connectivity index (χ3v) is 5.77. The maximum atomic E-state index is 12.9. The molecule has 4 rings (SSSR count). The Balaban J connectivity index is 1.37. The van der Waals surface area contributed by atoms with Crippen LogP contribution in [-0.4, -0.2) is 52.0 Å². The van der Waals surface area contributed by atoms with E-state index in [-0.39, 0.29) is 17.3 Å². The maximum absolute atomic E-state index is 12.9. The van der Waals surface area contributed by atoms with Gasteiger partial charge in [0.15, 0.2) is 0 Å². The van der Waals surface area contributed by atoms with E-state index in [2.05, 4.69) is 15.0 Å². The van der Waals surface area contributed by atoms with E-state index in [0.717, 1.165) is 28.8 Å². The van der Waals surface area contributed by atoms with Crippen molar-refractivity contribution in [1.29, 1.82) is 0 Å². The van der Waals surface area contributed by atoms with Crippen molar-refractivity contribution in [3.05, 3.63) is 70.6 Å². The first-order valence-corrected chi connectivity index (χ1v) is 10.3. The highest BCUT2D eigenvalue weighted by Gasteiger charge is 2.31. The van der Waals surface area contributed by atoms with Crippen LogP contribution in [0.25, 0.3) is 11.4 Å². The smallest absolute Gasteiger partial charge is 0.338 e. The van der Waals surface area contributed by atoms with Crippen LogP contribution in [0.4, 0.5) is 13.2 Å². The molecule has 0 atom stereocenters. The topological polar surface area (TPSA) is 62.5 Å². The number of piperazine rings is 1. The quantitative estimate of drug-likeness (QED) is 0.600. The van der Waals surface area contributed by atoms with Gasteiger partial charge < -0.3 is 9.42 Å². The summed E-state index contributed by atoms with van der Waals surface area (Å²) in [5.74, 6) is 0.469. The lowest BCUT2D eigenvalue weighted by molar-refractivity contribution is -0.137. The van der Waals surface area contributed by atoms with E-state index in [1.807, 2.05) is 36.9 Å². The molecule has 0 radical (unpaired) electrons. The number of alkyl halides is 3. The fourth-order valence-corrected chi connectivity index (χ4v) is 3.72. The molecule has 0 unspecified atom stereocenters. The van der Waals surface area contributed by atoms with Crippen LogP contribution in [0, 0.1) is 13.8 Å². The number of carbonyl (C=O) groups excluding carboxylic acids is 1. The Morgan fingerprint density at radius 2 is 1.78 bits per heavy atom. The molecule has 3 aromatic rings. The van der Waals surface area contributed by atoms with Gasteiger partial charge in [-0.25, -0.2) is 0 Å². The molecule has 9 heteroatoms. The van der Waals surface area contributed by atoms with E-state index in [1.54, 1.807) is 0 Å². The zero-order valence-corrected chi connectivity index (χ0v) is 17.8. The van der Waals surface area contributed by atoms with Gasteiger partial charge in [0.05, 0.1) is 12.1 Å². The van der Waals surface area contributed by atoms with E-state index >= 15 is 0 Å². The summed E-state index contributed by atoms with van der Waals surface area (Å²) >= 11 is 0. The van der Waals surface area contributed by atoms with Crippen LogP contribution < -0.4 is 0 Å². The van der Waals surface area contributed by atoms with Gasteiger partial charge in [-0.1, -0.05) is 29.4 Å². The standard InChI is InChI=1S/C23H23F3N4O2/c1-15-5-3-8-19(16(15)2)22(31)30-11-9-29(10-12-30)14-20-27-21(28-32-20)17-6-4-7-18(13-17)23(24,25)26/h3-8,13H,9-12,14H2,1-2H3. The van der Waals surface area contributed by atoms with Crippen LogP contribution in [0.3, 0.4) is 0 Å². The van der Waals surface area contributed by atoms with Gasteiger partial charge in [-0.05, 0) is 43.2 Å². The number of halogens is 3. The zero-order valence-electron chi connectivity index (χ0n) is 17.8. The third-order valence-electron chi connectivity index (χ3n) is 5.77. The van der Waals surface area contributed by atoms with E-state index in [4.69, 9.17) is 4.52 Å². The van der Waals surface area contributed by atoms with E-state index in [1.165, 1.54) is 12.1 Å². The van der Waals surface area contributed by atoms with Crippen molar-refractivity contribution in [3.8, 4) is 11.4 Å². The maximum Gasteiger partial charge on any atom is 0.416 e. The lowest BCUT2D eigenvalue weighted by Gasteiger charge is -2.34. The molecule has 1 saturated heterocycles. The Morgan fingerprint density at radius 3 is 2.50 bits per heavy atom. The molecular weight excluding hydrogens is 421 g/mol. The van der Waals surface area contributed by atoms with Crippen LogP contribution in [0.1, 0.15) is 32.9 Å². The second-order valence-electron chi connectivity index (χ2n) is 7.91. The fourth-order valence-electron chi connectivity index (χ4n) is 3.72. The Hall–Kier alpha value is -3.20. The van der Waals surface area contributed by atoms with Crippen molar-refractivity contribution in [1.82, 2.24) is 19.9 Å². The van der Waals surface area contributed by atoms with Crippen molar-refractivity contribution >= 4 is 5.91 Å². The predicted octanol–water partition coefficient (Wildman–Crippen LogP) is 4.33. The molecule has 32 heavy (non-hydrogen) atoms. The van der Waals surface area contributed by atoms with Crippen molar-refractivity contribution in [2.45, 2.75) is 26.6 Å². The molecule has 0 bridgehead atoms. The normalized spacial score (nSPS) is 15.2. The molecule has 0 saturated carbocycles. The van der Waals surface area contributed by atoms with Crippen LogP contribution in [-0.2, 0) is 12.7 Å². The third kappa shape index (κ3) is 4.67. The molecule has 2 aromatic carbocycles. The monoisotopic (exact) mass is 444 g/mol. The summed E-state index contributed by atoms with van der Waals surface area (Å²) in [4.78, 5) is 21.0. The summed E-state index contributed by atoms with van der Waals surface area (Å²) in [6.45, 7) is 6.73. The van der Waals surface area contributed by atoms with Gasteiger partial charge in [0.2, 0.25) is 11.7 Å². The second kappa shape index (κ2) is 8.74. The minimum absolute atomic E-state index is 0.0236. The van der Waals surface area contributed by atoms with Crippen LogP contribution in [0.15, 0.2) is 47.0 Å². The van der Waals surface area contributed by atoms with Crippen molar-refractivity contribution < 1.29 is 22.5 Å². The molecule has 168 valence electrons. The molecule has 1 aliphatic heterocycles. The number of aromatic nitrogens is 2. The number of amides is 1. The fraction of sp³-hybridized carbons (Fsp3) is 0.348. The summed E-state index contributed by atoms with van der Waals surface area (Å²) in [7, 11) is 0. The predicted molar refractivity (Wildman–Crippen MR) is 112 cm³/mol. The minimum Gasteiger partial charge on any atom is -0.338 e. The molecule has 0 spiro atoms. The van der Waals surface area contributed by atoms with Gasteiger partial charge in [-0.15, -0.1) is 0 Å². The minimum atomic E-state index is -4.43. The molecule has 0 aliphatic carbocycles. The van der Waals surface area contributed by atoms with Gasteiger partial charge in [0, 0.05) is 37.3 Å². The molecule has 2 heterocycles. The second-order valence-corrected chi connectivity index (χ2v) is 7.91. The molecule has 1 amide bonds.